The Balaban J connectivity index is 1.36. The summed E-state index contributed by atoms with van der Waals surface area (Å²) in [5.74, 6) is 1.87. The summed E-state index contributed by atoms with van der Waals surface area (Å²) in [6.07, 6.45) is -0.631. The van der Waals surface area contributed by atoms with Crippen LogP contribution in [0.2, 0.25) is 2.82 Å². The predicted molar refractivity (Wildman–Crippen MR) is 119 cm³/mol. The number of H-pyrrole nitrogens is 1. The second kappa shape index (κ2) is 9.52. The van der Waals surface area contributed by atoms with Gasteiger partial charge in [0, 0.05) is 29.4 Å². The highest BCUT2D eigenvalue weighted by atomic mass is 16.5. The summed E-state index contributed by atoms with van der Waals surface area (Å²) in [6, 6.07) is 20.6. The van der Waals surface area contributed by atoms with Crippen molar-refractivity contribution < 1.29 is 22.1 Å². The summed E-state index contributed by atoms with van der Waals surface area (Å²) < 4.78 is 40.9. The van der Waals surface area contributed by atoms with Crippen LogP contribution < -0.4 is 19.5 Å². The Morgan fingerprint density at radius 2 is 1.77 bits per heavy atom. The number of fused-ring (bicyclic) bond motifs is 3. The van der Waals surface area contributed by atoms with E-state index >= 15 is 0 Å². The van der Waals surface area contributed by atoms with Gasteiger partial charge in [-0.15, -0.1) is 0 Å². The Bertz CT molecular complexity index is 1220. The quantitative estimate of drug-likeness (QED) is 0.352. The van der Waals surface area contributed by atoms with Gasteiger partial charge in [-0.25, -0.2) is 0 Å². The van der Waals surface area contributed by atoms with Gasteiger partial charge in [-0.05, 0) is 30.3 Å². The van der Waals surface area contributed by atoms with E-state index in [1.807, 2.05) is 66.7 Å². The van der Waals surface area contributed by atoms with Gasteiger partial charge in [0.25, 0.3) is 0 Å². The predicted octanol–water partition coefficient (Wildman–Crippen LogP) is 3.74. The highest BCUT2D eigenvalue weighted by Crippen LogP contribution is 2.33. The van der Waals surface area contributed by atoms with Crippen molar-refractivity contribution in [2.24, 2.45) is 0 Å². The van der Waals surface area contributed by atoms with Gasteiger partial charge in [0.15, 0.2) is 12.9 Å². The number of benzene rings is 3. The maximum atomic E-state index is 8.36. The summed E-state index contributed by atoms with van der Waals surface area (Å²) >= 11 is 0. The van der Waals surface area contributed by atoms with Gasteiger partial charge in [-0.2, -0.15) is 0 Å². The molecule has 6 nitrogen and oxygen atoms in total. The van der Waals surface area contributed by atoms with Gasteiger partial charge in [0.1, 0.15) is 26.5 Å². The number of nitrogens with one attached hydrogen (secondary N) is 2. The molecule has 1 heterocycles. The normalized spacial score (nSPS) is 13.7. The molecule has 0 aliphatic heterocycles. The van der Waals surface area contributed by atoms with E-state index in [0.717, 1.165) is 21.8 Å². The second-order valence-corrected chi connectivity index (χ2v) is 6.84. The van der Waals surface area contributed by atoms with E-state index in [1.165, 1.54) is 10.3 Å². The molecule has 0 radical (unpaired) electrons. The molecule has 1 unspecified atom stereocenters. The largest absolute Gasteiger partial charge is 0.493 e. The first-order chi connectivity index (χ1) is 16.1. The van der Waals surface area contributed by atoms with Crippen molar-refractivity contribution in [1.82, 2.24) is 10.3 Å². The second-order valence-electron chi connectivity index (χ2n) is 6.84. The summed E-state index contributed by atoms with van der Waals surface area (Å²) in [6.45, 7) is 0.884. The van der Waals surface area contributed by atoms with Crippen LogP contribution in [0.1, 0.15) is 0 Å². The fourth-order valence-electron chi connectivity index (χ4n) is 3.34. The Hall–Kier alpha value is -3.22. The molecule has 3 N–H and O–H groups in total. The van der Waals surface area contributed by atoms with Crippen molar-refractivity contribution in [1.29, 1.82) is 1.43 Å². The van der Waals surface area contributed by atoms with Gasteiger partial charge in [0.05, 0.1) is 12.6 Å². The maximum Gasteiger partial charge on any atom is 0.211 e. The lowest BCUT2D eigenvalue weighted by Gasteiger charge is -2.15. The molecule has 0 spiro atoms. The topological polar surface area (TPSA) is 75.7 Å². The number of aromatic nitrogens is 1. The van der Waals surface area contributed by atoms with E-state index in [0.29, 0.717) is 23.8 Å². The number of para-hydroxylation sites is 3. The molecule has 0 saturated carbocycles. The van der Waals surface area contributed by atoms with Crippen LogP contribution in [0, 0.1) is 0 Å². The lowest BCUT2D eigenvalue weighted by molar-refractivity contribution is 0.106. The average molecular weight is 410 g/mol. The highest BCUT2D eigenvalue weighted by molar-refractivity contribution is 6.10. The lowest BCUT2D eigenvalue weighted by atomic mass is 10.1. The molecule has 1 atom stereocenters. The van der Waals surface area contributed by atoms with E-state index in [4.69, 9.17) is 23.6 Å². The smallest absolute Gasteiger partial charge is 0.211 e. The van der Waals surface area contributed by atoms with Crippen LogP contribution in [0.4, 0.5) is 0 Å². The van der Waals surface area contributed by atoms with Crippen molar-refractivity contribution in [3.05, 3.63) is 66.7 Å². The highest BCUT2D eigenvalue weighted by Gasteiger charge is 2.11. The van der Waals surface area contributed by atoms with Crippen LogP contribution in [0.5, 0.6) is 17.2 Å². The number of aromatic amines is 1. The third-order valence-electron chi connectivity index (χ3n) is 4.75. The van der Waals surface area contributed by atoms with Crippen LogP contribution in [-0.2, 0) is 0 Å². The number of rotatable bonds is 11. The zero-order valence-electron chi connectivity index (χ0n) is 19.8. The number of aliphatic hydroxyl groups excluding tert-OH is 1. The van der Waals surface area contributed by atoms with E-state index in [2.05, 4.69) is 0 Å². The molecule has 6 heteroatoms. The van der Waals surface area contributed by atoms with Gasteiger partial charge < -0.3 is 29.6 Å². The van der Waals surface area contributed by atoms with E-state index in [9.17, 15) is 0 Å². The van der Waals surface area contributed by atoms with Gasteiger partial charge in [-0.1, -0.05) is 36.4 Å². The molecular weight excluding hydrogens is 380 g/mol. The fraction of sp³-hybridized carbons (Fsp3) is 0.250. The van der Waals surface area contributed by atoms with Crippen molar-refractivity contribution in [3.8, 4) is 17.2 Å². The van der Waals surface area contributed by atoms with E-state index in [1.54, 1.807) is 7.11 Å². The van der Waals surface area contributed by atoms with Crippen molar-refractivity contribution in [2.75, 3.05) is 33.4 Å². The molecule has 0 amide bonds. The number of hydrogen-bond donors (Lipinski definition) is 3. The first-order valence-electron chi connectivity index (χ1n) is 11.2. The Morgan fingerprint density at radius 3 is 2.63 bits per heavy atom. The minimum Gasteiger partial charge on any atom is -0.493 e. The molecule has 4 aromatic rings. The Morgan fingerprint density at radius 1 is 1.00 bits per heavy atom. The van der Waals surface area contributed by atoms with E-state index in [-0.39, 0.29) is 19.8 Å². The van der Waals surface area contributed by atoms with Gasteiger partial charge >= 0.3 is 0 Å². The Kier molecular flexibility index (Phi) is 5.26. The molecule has 156 valence electrons. The van der Waals surface area contributed by atoms with Crippen molar-refractivity contribution in [2.45, 2.75) is 6.10 Å². The number of hydrogen-bond acceptors (Lipinski definition) is 5. The molecule has 3 aromatic carbocycles. The fourth-order valence-corrected chi connectivity index (χ4v) is 3.34. The minimum atomic E-state index is -0.631. The standard InChI is InChI=1S/C24H26N2O4/c1-28-21-10-4-5-11-22(21)29-14-13-25-15-17(27)16-30-23-12-6-9-20-24(23)18-7-2-3-8-19(18)26-20/h2-12,17,25-27H,13-16H2,1H3/i27D/hD2. The maximum absolute atomic E-state index is 8.36. The molecule has 30 heavy (non-hydrogen) atoms. The van der Waals surface area contributed by atoms with E-state index < -0.39 is 6.10 Å². The molecule has 0 aliphatic rings. The summed E-state index contributed by atoms with van der Waals surface area (Å²) in [5.41, 5.74) is 1.54. The van der Waals surface area contributed by atoms with Crippen LogP contribution in [0.25, 0.3) is 21.8 Å². The molecule has 0 fully saturated rings. The number of aliphatic hydroxyl groups is 1. The molecule has 0 aliphatic carbocycles. The summed E-state index contributed by atoms with van der Waals surface area (Å²) in [7, 11) is 1.58. The van der Waals surface area contributed by atoms with Crippen LogP contribution in [0.15, 0.2) is 66.7 Å². The third kappa shape index (κ3) is 4.50. The van der Waals surface area contributed by atoms with Crippen LogP contribution >= 0.6 is 0 Å². The lowest BCUT2D eigenvalue weighted by Crippen LogP contribution is -2.33. The van der Waals surface area contributed by atoms with Gasteiger partial charge in [-0.3, -0.25) is 0 Å². The number of ether oxygens (including phenoxy) is 3. The van der Waals surface area contributed by atoms with Crippen LogP contribution in [0.3, 0.4) is 0 Å². The third-order valence-corrected chi connectivity index (χ3v) is 4.75. The zero-order chi connectivity index (χ0) is 23.2. The Labute approximate surface area is 179 Å². The monoisotopic (exact) mass is 409 g/mol. The average Bonchev–Trinajstić information content (AvgIpc) is 3.15. The minimum absolute atomic E-state index is 0.100. The van der Waals surface area contributed by atoms with Crippen molar-refractivity contribution in [3.63, 3.8) is 0 Å². The van der Waals surface area contributed by atoms with Crippen molar-refractivity contribution >= 4 is 21.8 Å². The molecular formula is C24H26N2O4. The van der Waals surface area contributed by atoms with Gasteiger partial charge in [0.2, 0.25) is 1.43 Å². The van der Waals surface area contributed by atoms with Crippen LogP contribution in [-0.4, -0.2) is 51.0 Å². The summed E-state index contributed by atoms with van der Waals surface area (Å²) in [4.78, 5) is 1.39. The first kappa shape index (κ1) is 16.6. The molecule has 0 saturated heterocycles. The molecule has 1 aromatic heterocycles. The SMILES string of the molecule is [2H]OC(COc1cccc2c1c1ccccc1n2[2H])CN([2H])CCOc1ccccc1OC. The zero-order valence-corrected chi connectivity index (χ0v) is 16.8. The summed E-state index contributed by atoms with van der Waals surface area (Å²) in [5, 5.41) is 7.87. The molecule has 4 rings (SSSR count). The number of methoxy groups -OCH3 is 1. The molecule has 0 bridgehead atoms. The first-order valence-corrected chi connectivity index (χ1v) is 9.88.